The Kier molecular flexibility index (Phi) is 3.04. The monoisotopic (exact) mass is 213 g/mol. The summed E-state index contributed by atoms with van der Waals surface area (Å²) in [6.45, 7) is 6.71. The number of urea groups is 1. The number of rotatable bonds is 3. The lowest BCUT2D eigenvalue weighted by Gasteiger charge is -2.30. The van der Waals surface area contributed by atoms with Crippen LogP contribution in [-0.2, 0) is 4.79 Å². The average molecular weight is 213 g/mol. The summed E-state index contributed by atoms with van der Waals surface area (Å²) in [5, 5.41) is 0. The van der Waals surface area contributed by atoms with Crippen LogP contribution in [0.1, 0.15) is 20.8 Å². The van der Waals surface area contributed by atoms with Crippen molar-refractivity contribution in [3.05, 3.63) is 0 Å². The summed E-state index contributed by atoms with van der Waals surface area (Å²) in [6, 6.07) is -0.595. The summed E-state index contributed by atoms with van der Waals surface area (Å²) < 4.78 is 0. The SMILES string of the molecule is CC1C(=O)N(C)C(=O)N1CC(C)(C)CN. The van der Waals surface area contributed by atoms with Gasteiger partial charge >= 0.3 is 6.03 Å². The molecule has 0 aromatic carbocycles. The molecule has 0 spiro atoms. The number of hydrogen-bond acceptors (Lipinski definition) is 3. The zero-order chi connectivity index (χ0) is 11.8. The summed E-state index contributed by atoms with van der Waals surface area (Å²) in [7, 11) is 1.51. The zero-order valence-electron chi connectivity index (χ0n) is 9.78. The Morgan fingerprint density at radius 2 is 1.93 bits per heavy atom. The molecule has 0 aromatic rings. The normalized spacial score (nSPS) is 22.9. The van der Waals surface area contributed by atoms with Crippen molar-refractivity contribution in [3.8, 4) is 0 Å². The molecule has 5 heteroatoms. The molecular weight excluding hydrogens is 194 g/mol. The molecule has 0 aliphatic carbocycles. The lowest BCUT2D eigenvalue weighted by atomic mass is 9.93. The lowest BCUT2D eigenvalue weighted by Crippen LogP contribution is -2.43. The van der Waals surface area contributed by atoms with Crippen molar-refractivity contribution in [2.45, 2.75) is 26.8 Å². The van der Waals surface area contributed by atoms with Crippen molar-refractivity contribution in [3.63, 3.8) is 0 Å². The Labute approximate surface area is 90.2 Å². The van der Waals surface area contributed by atoms with E-state index in [0.29, 0.717) is 13.1 Å². The van der Waals surface area contributed by atoms with Gasteiger partial charge in [-0.25, -0.2) is 4.79 Å². The predicted octanol–water partition coefficient (Wildman–Crippen LogP) is 0.254. The maximum absolute atomic E-state index is 11.7. The molecule has 1 aliphatic heterocycles. The van der Waals surface area contributed by atoms with E-state index in [4.69, 9.17) is 5.73 Å². The molecular formula is C10H19N3O2. The van der Waals surface area contributed by atoms with E-state index in [-0.39, 0.29) is 23.4 Å². The van der Waals surface area contributed by atoms with Gasteiger partial charge in [-0.3, -0.25) is 9.69 Å². The fourth-order valence-electron chi connectivity index (χ4n) is 1.60. The van der Waals surface area contributed by atoms with Crippen molar-refractivity contribution >= 4 is 11.9 Å². The summed E-state index contributed by atoms with van der Waals surface area (Å²) >= 11 is 0. The minimum atomic E-state index is -0.367. The van der Waals surface area contributed by atoms with Crippen LogP contribution in [0.25, 0.3) is 0 Å². The summed E-state index contributed by atoms with van der Waals surface area (Å²) in [6.07, 6.45) is 0. The lowest BCUT2D eigenvalue weighted by molar-refractivity contribution is -0.127. The van der Waals surface area contributed by atoms with E-state index in [1.54, 1.807) is 11.8 Å². The highest BCUT2D eigenvalue weighted by Gasteiger charge is 2.41. The third kappa shape index (κ3) is 2.12. The minimum Gasteiger partial charge on any atom is -0.330 e. The van der Waals surface area contributed by atoms with Crippen molar-refractivity contribution in [2.24, 2.45) is 11.1 Å². The number of nitrogens with zero attached hydrogens (tertiary/aromatic N) is 2. The highest BCUT2D eigenvalue weighted by atomic mass is 16.2. The maximum Gasteiger partial charge on any atom is 0.327 e. The number of hydrogen-bond donors (Lipinski definition) is 1. The molecule has 5 nitrogen and oxygen atoms in total. The largest absolute Gasteiger partial charge is 0.330 e. The first-order valence-corrected chi connectivity index (χ1v) is 5.08. The average Bonchev–Trinajstić information content (AvgIpc) is 2.36. The van der Waals surface area contributed by atoms with Gasteiger partial charge in [-0.1, -0.05) is 13.8 Å². The number of imide groups is 1. The molecule has 86 valence electrons. The van der Waals surface area contributed by atoms with Gasteiger partial charge in [0.15, 0.2) is 0 Å². The molecule has 2 N–H and O–H groups in total. The standard InChI is InChI=1S/C10H19N3O2/c1-7-8(14)12(4)9(15)13(7)6-10(2,3)5-11/h7H,5-6,11H2,1-4H3. The van der Waals surface area contributed by atoms with Gasteiger partial charge in [-0.2, -0.15) is 0 Å². The molecule has 0 bridgehead atoms. The number of amides is 3. The first-order chi connectivity index (χ1) is 6.80. The van der Waals surface area contributed by atoms with E-state index in [1.165, 1.54) is 7.05 Å². The van der Waals surface area contributed by atoms with E-state index in [2.05, 4.69) is 0 Å². The summed E-state index contributed by atoms with van der Waals surface area (Å²) in [4.78, 5) is 26.0. The maximum atomic E-state index is 11.7. The van der Waals surface area contributed by atoms with Crippen LogP contribution in [0.3, 0.4) is 0 Å². The van der Waals surface area contributed by atoms with E-state index in [0.717, 1.165) is 4.90 Å². The molecule has 0 radical (unpaired) electrons. The van der Waals surface area contributed by atoms with Gasteiger partial charge in [-0.15, -0.1) is 0 Å². The molecule has 15 heavy (non-hydrogen) atoms. The van der Waals surface area contributed by atoms with Crippen LogP contribution in [0.5, 0.6) is 0 Å². The van der Waals surface area contributed by atoms with E-state index in [1.807, 2.05) is 13.8 Å². The molecule has 1 unspecified atom stereocenters. The van der Waals surface area contributed by atoms with Gasteiger partial charge in [0.25, 0.3) is 5.91 Å². The van der Waals surface area contributed by atoms with Crippen LogP contribution in [0.4, 0.5) is 4.79 Å². The molecule has 1 saturated heterocycles. The van der Waals surface area contributed by atoms with Crippen molar-refractivity contribution in [1.29, 1.82) is 0 Å². The van der Waals surface area contributed by atoms with Crippen LogP contribution in [0.2, 0.25) is 0 Å². The number of carbonyl (C=O) groups excluding carboxylic acids is 2. The smallest absolute Gasteiger partial charge is 0.327 e. The second kappa shape index (κ2) is 3.81. The van der Waals surface area contributed by atoms with Crippen molar-refractivity contribution < 1.29 is 9.59 Å². The van der Waals surface area contributed by atoms with Crippen molar-refractivity contribution in [1.82, 2.24) is 9.80 Å². The second-order valence-corrected chi connectivity index (χ2v) is 4.85. The molecule has 1 atom stereocenters. The number of nitrogens with two attached hydrogens (primary N) is 1. The number of likely N-dealkylation sites (N-methyl/N-ethyl adjacent to an activating group) is 1. The zero-order valence-corrected chi connectivity index (χ0v) is 9.78. The molecule has 0 aromatic heterocycles. The molecule has 1 heterocycles. The third-order valence-corrected chi connectivity index (χ3v) is 2.84. The Hall–Kier alpha value is -1.10. The Bertz CT molecular complexity index is 288. The van der Waals surface area contributed by atoms with Crippen LogP contribution >= 0.6 is 0 Å². The van der Waals surface area contributed by atoms with Crippen LogP contribution in [0.15, 0.2) is 0 Å². The Balaban J connectivity index is 2.80. The van der Waals surface area contributed by atoms with E-state index >= 15 is 0 Å². The molecule has 1 fully saturated rings. The summed E-state index contributed by atoms with van der Waals surface area (Å²) in [5.41, 5.74) is 5.45. The fourth-order valence-corrected chi connectivity index (χ4v) is 1.60. The van der Waals surface area contributed by atoms with Gasteiger partial charge in [0.05, 0.1) is 0 Å². The Morgan fingerprint density at radius 3 is 2.27 bits per heavy atom. The third-order valence-electron chi connectivity index (χ3n) is 2.84. The van der Waals surface area contributed by atoms with Crippen molar-refractivity contribution in [2.75, 3.05) is 20.1 Å². The Morgan fingerprint density at radius 1 is 1.40 bits per heavy atom. The molecule has 1 rings (SSSR count). The van der Waals surface area contributed by atoms with Crippen LogP contribution in [0, 0.1) is 5.41 Å². The highest BCUT2D eigenvalue weighted by molar-refractivity contribution is 6.03. The predicted molar refractivity (Wildman–Crippen MR) is 57.2 cm³/mol. The second-order valence-electron chi connectivity index (χ2n) is 4.85. The quantitative estimate of drug-likeness (QED) is 0.683. The molecule has 3 amide bonds. The highest BCUT2D eigenvalue weighted by Crippen LogP contribution is 2.22. The molecule has 1 aliphatic rings. The summed E-state index contributed by atoms with van der Waals surface area (Å²) in [5.74, 6) is -0.146. The topological polar surface area (TPSA) is 66.6 Å². The number of carbonyl (C=O) groups is 2. The van der Waals surface area contributed by atoms with Gasteiger partial charge in [-0.05, 0) is 18.9 Å². The van der Waals surface area contributed by atoms with Gasteiger partial charge < -0.3 is 10.6 Å². The van der Waals surface area contributed by atoms with Crippen LogP contribution in [-0.4, -0.2) is 47.9 Å². The minimum absolute atomic E-state index is 0.146. The van der Waals surface area contributed by atoms with Gasteiger partial charge in [0, 0.05) is 13.6 Å². The molecule has 0 saturated carbocycles. The van der Waals surface area contributed by atoms with E-state index in [9.17, 15) is 9.59 Å². The van der Waals surface area contributed by atoms with Gasteiger partial charge in [0.1, 0.15) is 6.04 Å². The van der Waals surface area contributed by atoms with Crippen LogP contribution < -0.4 is 5.73 Å². The van der Waals surface area contributed by atoms with E-state index < -0.39 is 0 Å². The fraction of sp³-hybridized carbons (Fsp3) is 0.800. The first kappa shape index (κ1) is 12.0. The van der Waals surface area contributed by atoms with Gasteiger partial charge in [0.2, 0.25) is 0 Å². The first-order valence-electron chi connectivity index (χ1n) is 5.08.